The molecule has 70 valence electrons. The van der Waals surface area contributed by atoms with Crippen molar-refractivity contribution in [3.63, 3.8) is 0 Å². The fraction of sp³-hybridized carbons (Fsp3) is 0.455. The van der Waals surface area contributed by atoms with Crippen LogP contribution in [0.25, 0.3) is 0 Å². The van der Waals surface area contributed by atoms with E-state index in [-0.39, 0.29) is 0 Å². The molecule has 0 amide bonds. The summed E-state index contributed by atoms with van der Waals surface area (Å²) < 4.78 is 13.9. The van der Waals surface area contributed by atoms with Crippen LogP contribution in [-0.2, 0) is 5.67 Å². The number of aryl methyl sites for hydroxylation is 2. The second-order valence-electron chi connectivity index (χ2n) is 3.87. The molecule has 0 atom stereocenters. The molecule has 0 bridgehead atoms. The highest BCUT2D eigenvalue weighted by molar-refractivity contribution is 5.35. The molecule has 1 saturated heterocycles. The molecule has 2 rings (SSSR count). The van der Waals surface area contributed by atoms with Crippen LogP contribution in [0.5, 0.6) is 0 Å². The molecule has 1 heterocycles. The third-order valence-corrected chi connectivity index (χ3v) is 2.83. The summed E-state index contributed by atoms with van der Waals surface area (Å²) in [4.78, 5) is 0. The number of benzene rings is 1. The van der Waals surface area contributed by atoms with E-state index < -0.39 is 5.67 Å². The van der Waals surface area contributed by atoms with Gasteiger partial charge in [0.05, 0.1) is 0 Å². The van der Waals surface area contributed by atoms with Crippen molar-refractivity contribution in [2.24, 2.45) is 0 Å². The van der Waals surface area contributed by atoms with Gasteiger partial charge < -0.3 is 5.32 Å². The average Bonchev–Trinajstić information content (AvgIpc) is 2.06. The van der Waals surface area contributed by atoms with Gasteiger partial charge in [0.1, 0.15) is 0 Å². The molecule has 1 aromatic carbocycles. The number of hydrogen-bond donors (Lipinski definition) is 1. The van der Waals surface area contributed by atoms with E-state index in [0.717, 1.165) is 5.56 Å². The molecule has 0 aromatic heterocycles. The minimum atomic E-state index is -1.11. The summed E-state index contributed by atoms with van der Waals surface area (Å²) in [5, 5.41) is 2.96. The molecule has 13 heavy (non-hydrogen) atoms. The van der Waals surface area contributed by atoms with Crippen LogP contribution in [0.3, 0.4) is 0 Å². The number of hydrogen-bond acceptors (Lipinski definition) is 1. The third kappa shape index (κ3) is 1.35. The van der Waals surface area contributed by atoms with Crippen LogP contribution in [0.15, 0.2) is 18.2 Å². The van der Waals surface area contributed by atoms with E-state index >= 15 is 0 Å². The first-order valence-corrected chi connectivity index (χ1v) is 4.59. The molecule has 0 unspecified atom stereocenters. The molecule has 0 aliphatic carbocycles. The van der Waals surface area contributed by atoms with Gasteiger partial charge in [-0.15, -0.1) is 0 Å². The van der Waals surface area contributed by atoms with E-state index in [4.69, 9.17) is 0 Å². The molecule has 0 radical (unpaired) electrons. The summed E-state index contributed by atoms with van der Waals surface area (Å²) in [7, 11) is 0. The third-order valence-electron chi connectivity index (χ3n) is 2.83. The Bertz CT molecular complexity index is 329. The van der Waals surface area contributed by atoms with Gasteiger partial charge in [-0.25, -0.2) is 4.39 Å². The summed E-state index contributed by atoms with van der Waals surface area (Å²) in [6.07, 6.45) is 0. The van der Waals surface area contributed by atoms with Gasteiger partial charge in [0.2, 0.25) is 0 Å². The zero-order valence-electron chi connectivity index (χ0n) is 8.02. The van der Waals surface area contributed by atoms with Gasteiger partial charge in [-0.2, -0.15) is 0 Å². The normalized spacial score (nSPS) is 19.6. The topological polar surface area (TPSA) is 12.0 Å². The first kappa shape index (κ1) is 8.70. The van der Waals surface area contributed by atoms with Gasteiger partial charge in [0.15, 0.2) is 5.67 Å². The lowest BCUT2D eigenvalue weighted by molar-refractivity contribution is 0.0891. The minimum absolute atomic E-state index is 0.454. The first-order chi connectivity index (χ1) is 6.12. The van der Waals surface area contributed by atoms with Crippen LogP contribution < -0.4 is 5.32 Å². The maximum Gasteiger partial charge on any atom is 0.160 e. The highest BCUT2D eigenvalue weighted by Gasteiger charge is 2.38. The van der Waals surface area contributed by atoms with Gasteiger partial charge in [-0.05, 0) is 30.5 Å². The number of rotatable bonds is 1. The van der Waals surface area contributed by atoms with Crippen molar-refractivity contribution in [2.45, 2.75) is 19.5 Å². The Hall–Kier alpha value is -0.890. The zero-order valence-corrected chi connectivity index (χ0v) is 8.02. The molecular formula is C11H14FN. The fourth-order valence-corrected chi connectivity index (χ4v) is 1.57. The van der Waals surface area contributed by atoms with Crippen molar-refractivity contribution in [2.75, 3.05) is 13.1 Å². The predicted molar refractivity (Wildman–Crippen MR) is 51.6 cm³/mol. The Morgan fingerprint density at radius 1 is 1.23 bits per heavy atom. The van der Waals surface area contributed by atoms with Crippen molar-refractivity contribution in [1.82, 2.24) is 5.32 Å². The predicted octanol–water partition coefficient (Wildman–Crippen LogP) is 2.07. The van der Waals surface area contributed by atoms with Gasteiger partial charge in [0.25, 0.3) is 0 Å². The fourth-order valence-electron chi connectivity index (χ4n) is 1.57. The Labute approximate surface area is 78.0 Å². The van der Waals surface area contributed by atoms with Gasteiger partial charge in [0, 0.05) is 13.1 Å². The SMILES string of the molecule is Cc1ccc(C2(F)CNC2)cc1C. The Kier molecular flexibility index (Phi) is 1.88. The monoisotopic (exact) mass is 179 g/mol. The molecule has 1 fully saturated rings. The van der Waals surface area contributed by atoms with Crippen molar-refractivity contribution in [3.8, 4) is 0 Å². The molecule has 0 saturated carbocycles. The standard InChI is InChI=1S/C11H14FN/c1-8-3-4-10(5-9(8)2)11(12)6-13-7-11/h3-5,13H,6-7H2,1-2H3. The van der Waals surface area contributed by atoms with Crippen LogP contribution in [0, 0.1) is 13.8 Å². The Morgan fingerprint density at radius 2 is 1.92 bits per heavy atom. The van der Waals surface area contributed by atoms with E-state index in [1.165, 1.54) is 11.1 Å². The quantitative estimate of drug-likeness (QED) is 0.696. The van der Waals surface area contributed by atoms with E-state index in [1.807, 2.05) is 32.0 Å². The lowest BCUT2D eigenvalue weighted by atomic mass is 9.88. The van der Waals surface area contributed by atoms with Crippen LogP contribution in [-0.4, -0.2) is 13.1 Å². The van der Waals surface area contributed by atoms with Crippen molar-refractivity contribution >= 4 is 0 Å². The number of halogens is 1. The molecule has 2 heteroatoms. The van der Waals surface area contributed by atoms with Gasteiger partial charge in [-0.3, -0.25) is 0 Å². The van der Waals surface area contributed by atoms with Crippen molar-refractivity contribution in [1.29, 1.82) is 0 Å². The molecular weight excluding hydrogens is 165 g/mol. The molecule has 1 aliphatic heterocycles. The molecule has 1 aromatic rings. The zero-order chi connectivity index (χ0) is 9.47. The Morgan fingerprint density at radius 3 is 2.38 bits per heavy atom. The van der Waals surface area contributed by atoms with E-state index in [9.17, 15) is 4.39 Å². The molecule has 1 aliphatic rings. The van der Waals surface area contributed by atoms with E-state index in [2.05, 4.69) is 5.32 Å². The first-order valence-electron chi connectivity index (χ1n) is 4.59. The van der Waals surface area contributed by atoms with Gasteiger partial charge in [-0.1, -0.05) is 18.2 Å². The second-order valence-corrected chi connectivity index (χ2v) is 3.87. The van der Waals surface area contributed by atoms with Crippen molar-refractivity contribution in [3.05, 3.63) is 34.9 Å². The van der Waals surface area contributed by atoms with Gasteiger partial charge >= 0.3 is 0 Å². The summed E-state index contributed by atoms with van der Waals surface area (Å²) in [5.41, 5.74) is 2.09. The van der Waals surface area contributed by atoms with Crippen LogP contribution in [0.1, 0.15) is 16.7 Å². The average molecular weight is 179 g/mol. The van der Waals surface area contributed by atoms with Crippen LogP contribution >= 0.6 is 0 Å². The summed E-state index contributed by atoms with van der Waals surface area (Å²) in [5.74, 6) is 0. The lowest BCUT2D eigenvalue weighted by Gasteiger charge is -2.35. The van der Waals surface area contributed by atoms with E-state index in [1.54, 1.807) is 0 Å². The molecule has 1 nitrogen and oxygen atoms in total. The smallest absolute Gasteiger partial charge is 0.160 e. The second kappa shape index (κ2) is 2.81. The maximum absolute atomic E-state index is 13.9. The van der Waals surface area contributed by atoms with Crippen LogP contribution in [0.2, 0.25) is 0 Å². The summed E-state index contributed by atoms with van der Waals surface area (Å²) in [6, 6.07) is 5.84. The molecule has 1 N–H and O–H groups in total. The lowest BCUT2D eigenvalue weighted by Crippen LogP contribution is -2.53. The summed E-state index contributed by atoms with van der Waals surface area (Å²) in [6.45, 7) is 4.97. The Balaban J connectivity index is 2.36. The number of nitrogens with one attached hydrogen (secondary N) is 1. The molecule has 0 spiro atoms. The minimum Gasteiger partial charge on any atom is -0.310 e. The maximum atomic E-state index is 13.9. The van der Waals surface area contributed by atoms with Crippen molar-refractivity contribution < 1.29 is 4.39 Å². The highest BCUT2D eigenvalue weighted by atomic mass is 19.1. The van der Waals surface area contributed by atoms with E-state index in [0.29, 0.717) is 13.1 Å². The summed E-state index contributed by atoms with van der Waals surface area (Å²) >= 11 is 0. The largest absolute Gasteiger partial charge is 0.310 e. The van der Waals surface area contributed by atoms with Crippen LogP contribution in [0.4, 0.5) is 4.39 Å². The highest BCUT2D eigenvalue weighted by Crippen LogP contribution is 2.30. The number of alkyl halides is 1.